The molecule has 20 atom stereocenters. The molecule has 4 saturated heterocycles. The topological polar surface area (TPSA) is 348 Å². The van der Waals surface area contributed by atoms with Crippen LogP contribution in [0.4, 0.5) is 0 Å². The van der Waals surface area contributed by atoms with Crippen molar-refractivity contribution in [3.8, 4) is 0 Å². The molecule has 0 aromatic heterocycles. The molecular formula is C40H64N2O21. The van der Waals surface area contributed by atoms with Crippen molar-refractivity contribution in [2.24, 2.45) is 0 Å². The molecule has 360 valence electrons. The van der Waals surface area contributed by atoms with E-state index in [2.05, 4.69) is 16.7 Å². The van der Waals surface area contributed by atoms with E-state index in [0.29, 0.717) is 6.42 Å². The van der Waals surface area contributed by atoms with E-state index in [-0.39, 0.29) is 6.42 Å². The predicted molar refractivity (Wildman–Crippen MR) is 209 cm³/mol. The average molecular weight is 909 g/mol. The number of methoxy groups -OCH3 is 1. The Kier molecular flexibility index (Phi) is 18.7. The summed E-state index contributed by atoms with van der Waals surface area (Å²) in [5, 5.41) is 103. The number of ether oxygens (including phenoxy) is 8. The predicted octanol–water partition coefficient (Wildman–Crippen LogP) is -4.01. The van der Waals surface area contributed by atoms with Crippen molar-refractivity contribution in [1.82, 2.24) is 10.6 Å². The molecule has 23 nitrogen and oxygen atoms in total. The van der Waals surface area contributed by atoms with Crippen molar-refractivity contribution in [2.75, 3.05) is 20.3 Å². The molecule has 11 N–H and O–H groups in total. The number of allylic oxidation sites excluding steroid dienone is 2. The highest BCUT2D eigenvalue weighted by atomic mass is 16.8. The van der Waals surface area contributed by atoms with Gasteiger partial charge in [-0.2, -0.15) is 0 Å². The van der Waals surface area contributed by atoms with Crippen LogP contribution in [0.2, 0.25) is 0 Å². The lowest BCUT2D eigenvalue weighted by Gasteiger charge is -2.50. The molecule has 0 aromatic carbocycles. The second-order valence-corrected chi connectivity index (χ2v) is 16.7. The number of aliphatic hydroxyl groups is 8. The van der Waals surface area contributed by atoms with Gasteiger partial charge >= 0.3 is 5.97 Å². The fourth-order valence-corrected chi connectivity index (χ4v) is 8.76. The molecule has 2 amide bonds. The highest BCUT2D eigenvalue weighted by Gasteiger charge is 2.57. The smallest absolute Gasteiger partial charge is 0.335 e. The fraction of sp³-hybridized carbons (Fsp3) is 0.850. The summed E-state index contributed by atoms with van der Waals surface area (Å²) in [6, 6.07) is -2.74. The van der Waals surface area contributed by atoms with Gasteiger partial charge in [-0.3, -0.25) is 14.4 Å². The summed E-state index contributed by atoms with van der Waals surface area (Å²) >= 11 is 0. The Bertz CT molecular complexity index is 1570. The van der Waals surface area contributed by atoms with Crippen LogP contribution < -0.4 is 10.6 Å². The number of carboxylic acids is 1. The number of amides is 2. The number of carbonyl (C=O) groups is 4. The molecule has 0 aromatic rings. The maximum atomic E-state index is 14.3. The van der Waals surface area contributed by atoms with Crippen molar-refractivity contribution in [1.29, 1.82) is 0 Å². The number of hydrogen-bond acceptors (Lipinski definition) is 20. The number of rotatable bonds is 16. The standard InChI is InChI=1S/C40H64N2O21/c1-16-23(41-17(2)45)32(25(48)21(14-43)57-16)60-39-30(53)28(51)35(31(59-39)20(47)13-12-19-10-8-6-5-7-9-11-19)62-38-24(42-18(3)46)33(26(49)22(15-44)58-38)61-40-29(52)27(50)34(56-4)36(63-40)37(54)55/h10,16,21-36,38-40,43-44,48-53H,5-9,11-15H2,1-4H3,(H,41,45)(H,42,46)(H,54,55)/b19-10+/t16-,21?,22?,23?,24?,25?,26?,27?,28?,29?,30?,31?,32?,33?,34?,35?,36?,38?,39?,40?/m1/s1. The molecular weight excluding hydrogens is 844 g/mol. The van der Waals surface area contributed by atoms with Crippen molar-refractivity contribution < 1.29 is 103 Å². The van der Waals surface area contributed by atoms with Crippen LogP contribution in [0.1, 0.15) is 72.1 Å². The largest absolute Gasteiger partial charge is 0.479 e. The van der Waals surface area contributed by atoms with E-state index >= 15 is 0 Å². The van der Waals surface area contributed by atoms with E-state index in [1.54, 1.807) is 6.92 Å². The van der Waals surface area contributed by atoms with Gasteiger partial charge in [0.25, 0.3) is 0 Å². The minimum Gasteiger partial charge on any atom is -0.479 e. The second-order valence-electron chi connectivity index (χ2n) is 16.7. The molecule has 5 aliphatic rings. The zero-order chi connectivity index (χ0) is 46.3. The minimum absolute atomic E-state index is 0.152. The number of aliphatic carboxylic acids is 1. The summed E-state index contributed by atoms with van der Waals surface area (Å²) in [7, 11) is 1.08. The zero-order valence-electron chi connectivity index (χ0n) is 35.6. The molecule has 4 heterocycles. The van der Waals surface area contributed by atoms with E-state index in [1.165, 1.54) is 6.92 Å². The van der Waals surface area contributed by atoms with Gasteiger partial charge in [0.1, 0.15) is 85.4 Å². The number of nitrogens with one attached hydrogen (secondary N) is 2. The van der Waals surface area contributed by atoms with Gasteiger partial charge in [-0.1, -0.05) is 24.5 Å². The molecule has 19 unspecified atom stereocenters. The molecule has 4 fully saturated rings. The van der Waals surface area contributed by atoms with Crippen LogP contribution in [0.3, 0.4) is 0 Å². The highest BCUT2D eigenvalue weighted by molar-refractivity contribution is 5.84. The Morgan fingerprint density at radius 3 is 1.75 bits per heavy atom. The van der Waals surface area contributed by atoms with Crippen LogP contribution >= 0.6 is 0 Å². The lowest BCUT2D eigenvalue weighted by atomic mass is 9.90. The third kappa shape index (κ3) is 12.2. The van der Waals surface area contributed by atoms with Gasteiger partial charge in [-0.25, -0.2) is 4.79 Å². The first-order valence-electron chi connectivity index (χ1n) is 21.3. The number of aliphatic hydroxyl groups excluding tert-OH is 8. The molecule has 4 aliphatic heterocycles. The summed E-state index contributed by atoms with van der Waals surface area (Å²) in [4.78, 5) is 51.3. The molecule has 0 radical (unpaired) electrons. The van der Waals surface area contributed by atoms with Gasteiger partial charge in [0, 0.05) is 27.4 Å². The van der Waals surface area contributed by atoms with Crippen LogP contribution in [0.5, 0.6) is 0 Å². The van der Waals surface area contributed by atoms with E-state index < -0.39 is 159 Å². The summed E-state index contributed by atoms with van der Waals surface area (Å²) in [6.45, 7) is 2.24. The molecule has 1 aliphatic carbocycles. The quantitative estimate of drug-likeness (QED) is 0.0657. The Morgan fingerprint density at radius 2 is 1.17 bits per heavy atom. The fourth-order valence-electron chi connectivity index (χ4n) is 8.76. The summed E-state index contributed by atoms with van der Waals surface area (Å²) < 4.78 is 46.3. The maximum absolute atomic E-state index is 14.3. The average Bonchev–Trinajstić information content (AvgIpc) is 3.22. The van der Waals surface area contributed by atoms with E-state index in [4.69, 9.17) is 37.9 Å². The molecule has 0 bridgehead atoms. The van der Waals surface area contributed by atoms with Crippen LogP contribution in [0.15, 0.2) is 11.6 Å². The normalized spacial score (nSPS) is 43.4. The first kappa shape index (κ1) is 51.2. The first-order valence-corrected chi connectivity index (χ1v) is 21.3. The highest BCUT2D eigenvalue weighted by Crippen LogP contribution is 2.36. The summed E-state index contributed by atoms with van der Waals surface area (Å²) in [5.41, 5.74) is 1.03. The Labute approximate surface area is 363 Å². The van der Waals surface area contributed by atoms with Crippen molar-refractivity contribution in [3.05, 3.63) is 11.6 Å². The minimum atomic E-state index is -2.08. The Balaban J connectivity index is 1.48. The molecule has 5 rings (SSSR count). The molecule has 0 saturated carbocycles. The first-order chi connectivity index (χ1) is 29.9. The van der Waals surface area contributed by atoms with Gasteiger partial charge in [0.05, 0.1) is 25.4 Å². The zero-order valence-corrected chi connectivity index (χ0v) is 35.6. The molecule has 0 spiro atoms. The van der Waals surface area contributed by atoms with Crippen LogP contribution in [-0.2, 0) is 57.1 Å². The Morgan fingerprint density at radius 1 is 0.651 bits per heavy atom. The number of carboxylic acid groups (broad SMARTS) is 1. The SMILES string of the molecule is COC1C(C(=O)O)OC(OC2C(O)C(CO)OC(OC3C(C(=O)CC/C4=C/CCCCCC4)OC(OC4C(O)C(CO)O[C@H](C)C4NC(C)=O)C(O)C3O)C2NC(C)=O)C(O)C1O. The van der Waals surface area contributed by atoms with Crippen molar-refractivity contribution >= 4 is 23.6 Å². The summed E-state index contributed by atoms with van der Waals surface area (Å²) in [6.07, 6.45) is -23.5. The van der Waals surface area contributed by atoms with Gasteiger partial charge in [0.2, 0.25) is 11.8 Å². The van der Waals surface area contributed by atoms with Crippen LogP contribution in [0, 0.1) is 0 Å². The lowest BCUT2D eigenvalue weighted by molar-refractivity contribution is -0.365. The van der Waals surface area contributed by atoms with Crippen LogP contribution in [0.25, 0.3) is 0 Å². The second kappa shape index (κ2) is 23.1. The van der Waals surface area contributed by atoms with Crippen LogP contribution in [-0.4, -0.2) is 212 Å². The van der Waals surface area contributed by atoms with E-state index in [0.717, 1.165) is 58.1 Å². The van der Waals surface area contributed by atoms with Gasteiger partial charge in [0.15, 0.2) is 30.8 Å². The monoisotopic (exact) mass is 908 g/mol. The van der Waals surface area contributed by atoms with E-state index in [9.17, 15) is 65.1 Å². The molecule has 23 heteroatoms. The van der Waals surface area contributed by atoms with Gasteiger partial charge in [-0.15, -0.1) is 0 Å². The number of Topliss-reactive ketones (excluding diaryl/α,β-unsaturated/α-hetero) is 1. The van der Waals surface area contributed by atoms with Gasteiger partial charge in [-0.05, 0) is 39.0 Å². The maximum Gasteiger partial charge on any atom is 0.335 e. The summed E-state index contributed by atoms with van der Waals surface area (Å²) in [5.74, 6) is -3.56. The number of ketones is 1. The van der Waals surface area contributed by atoms with Crippen molar-refractivity contribution in [2.45, 2.75) is 195 Å². The van der Waals surface area contributed by atoms with Crippen molar-refractivity contribution in [3.63, 3.8) is 0 Å². The van der Waals surface area contributed by atoms with Gasteiger partial charge < -0.3 is 94.5 Å². The number of carbonyl (C=O) groups excluding carboxylic acids is 3. The third-order valence-corrected chi connectivity index (χ3v) is 12.1. The number of hydrogen-bond donors (Lipinski definition) is 11. The third-order valence-electron chi connectivity index (χ3n) is 12.1. The Hall–Kier alpha value is -2.82. The van der Waals surface area contributed by atoms with E-state index in [1.807, 2.05) is 0 Å². The molecule has 63 heavy (non-hydrogen) atoms. The lowest BCUT2D eigenvalue weighted by Crippen LogP contribution is -2.70.